The van der Waals surface area contributed by atoms with Gasteiger partial charge in [-0.1, -0.05) is 34.4 Å². The molecule has 1 aromatic heterocycles. The molecule has 1 amide bonds. The maximum Gasteiger partial charge on any atom is 0.269 e. The van der Waals surface area contributed by atoms with Crippen LogP contribution in [-0.4, -0.2) is 34.6 Å². The van der Waals surface area contributed by atoms with E-state index in [1.807, 2.05) is 30.3 Å². The van der Waals surface area contributed by atoms with Crippen LogP contribution in [0, 0.1) is 0 Å². The van der Waals surface area contributed by atoms with Crippen LogP contribution in [0.1, 0.15) is 17.5 Å². The van der Waals surface area contributed by atoms with Gasteiger partial charge in [-0.2, -0.15) is 5.10 Å². The number of benzene rings is 2. The van der Waals surface area contributed by atoms with Gasteiger partial charge in [-0.05, 0) is 63.5 Å². The lowest BCUT2D eigenvalue weighted by molar-refractivity contribution is -0.125. The predicted molar refractivity (Wildman–Crippen MR) is 123 cm³/mol. The molecule has 1 atom stereocenters. The van der Waals surface area contributed by atoms with Gasteiger partial charge in [0.25, 0.3) is 5.91 Å². The Balaban J connectivity index is 1.39. The van der Waals surface area contributed by atoms with Gasteiger partial charge >= 0.3 is 0 Å². The second kappa shape index (κ2) is 9.30. The average molecular weight is 524 g/mol. The summed E-state index contributed by atoms with van der Waals surface area (Å²) in [5.74, 6) is 0.803. The van der Waals surface area contributed by atoms with Crippen LogP contribution in [-0.2, 0) is 16.2 Å². The maximum atomic E-state index is 12.7. The Morgan fingerprint density at radius 2 is 2.06 bits per heavy atom. The first-order chi connectivity index (χ1) is 14.9. The maximum absolute atomic E-state index is 12.7. The first kappa shape index (κ1) is 21.7. The molecule has 1 aliphatic rings. The standard InChI is InChI=1S/C21H17BrCl2N4O3/c1-30-15-6-3-12(4-7-15)18-9-19(31-27-18)21(29)25-20-16(22)11-28(26-20)10-13-2-5-14(23)8-17(13)24/h2-8,11,19H,9-10H2,1H3,(H,25,26,29). The normalized spacial score (nSPS) is 15.4. The van der Waals surface area contributed by atoms with Crippen molar-refractivity contribution in [3.63, 3.8) is 0 Å². The van der Waals surface area contributed by atoms with Crippen LogP contribution in [0.15, 0.2) is 58.3 Å². The van der Waals surface area contributed by atoms with E-state index in [0.717, 1.165) is 16.9 Å². The summed E-state index contributed by atoms with van der Waals surface area (Å²) in [6.07, 6.45) is 1.38. The summed E-state index contributed by atoms with van der Waals surface area (Å²) >= 11 is 15.6. The highest BCUT2D eigenvalue weighted by molar-refractivity contribution is 9.10. The number of nitrogens with one attached hydrogen (secondary N) is 1. The number of carbonyl (C=O) groups is 1. The fraction of sp³-hybridized carbons (Fsp3) is 0.190. The fourth-order valence-corrected chi connectivity index (χ4v) is 3.94. The van der Waals surface area contributed by atoms with Crippen molar-refractivity contribution in [2.75, 3.05) is 12.4 Å². The number of carbonyl (C=O) groups excluding carboxylic acids is 1. The van der Waals surface area contributed by atoms with E-state index in [1.165, 1.54) is 0 Å². The van der Waals surface area contributed by atoms with E-state index >= 15 is 0 Å². The molecule has 0 saturated carbocycles. The number of methoxy groups -OCH3 is 1. The van der Waals surface area contributed by atoms with Gasteiger partial charge in [-0.15, -0.1) is 0 Å². The number of rotatable bonds is 6. The third kappa shape index (κ3) is 5.03. The van der Waals surface area contributed by atoms with Crippen LogP contribution in [0.3, 0.4) is 0 Å². The largest absolute Gasteiger partial charge is 0.497 e. The van der Waals surface area contributed by atoms with Gasteiger partial charge in [-0.3, -0.25) is 9.48 Å². The topological polar surface area (TPSA) is 77.7 Å². The number of aromatic nitrogens is 2. The molecule has 2 aromatic carbocycles. The molecule has 0 saturated heterocycles. The number of nitrogens with zero attached hydrogens (tertiary/aromatic N) is 3. The predicted octanol–water partition coefficient (Wildman–Crippen LogP) is 5.14. The van der Waals surface area contributed by atoms with Gasteiger partial charge in [0.05, 0.1) is 23.8 Å². The molecule has 4 rings (SSSR count). The average Bonchev–Trinajstić information content (AvgIpc) is 3.37. The van der Waals surface area contributed by atoms with E-state index < -0.39 is 6.10 Å². The zero-order chi connectivity index (χ0) is 22.0. The number of hydrogen-bond acceptors (Lipinski definition) is 5. The molecule has 0 aliphatic carbocycles. The van der Waals surface area contributed by atoms with Crippen molar-refractivity contribution < 1.29 is 14.4 Å². The fourth-order valence-electron chi connectivity index (χ4n) is 3.06. The summed E-state index contributed by atoms with van der Waals surface area (Å²) < 4.78 is 7.47. The zero-order valence-corrected chi connectivity index (χ0v) is 19.4. The Kier molecular flexibility index (Phi) is 6.50. The van der Waals surface area contributed by atoms with Crippen molar-refractivity contribution in [1.29, 1.82) is 0 Å². The van der Waals surface area contributed by atoms with Crippen molar-refractivity contribution >= 4 is 56.6 Å². The van der Waals surface area contributed by atoms with Gasteiger partial charge in [0, 0.05) is 22.7 Å². The van der Waals surface area contributed by atoms with Crippen LogP contribution in [0.4, 0.5) is 5.82 Å². The Labute approximate surface area is 197 Å². The lowest BCUT2D eigenvalue weighted by Crippen LogP contribution is -2.28. The molecule has 1 N–H and O–H groups in total. The third-order valence-corrected chi connectivity index (χ3v) is 5.86. The summed E-state index contributed by atoms with van der Waals surface area (Å²) in [6.45, 7) is 0.426. The smallest absolute Gasteiger partial charge is 0.269 e. The molecule has 0 radical (unpaired) electrons. The number of oxime groups is 1. The molecular weight excluding hydrogens is 507 g/mol. The van der Waals surface area contributed by atoms with E-state index in [0.29, 0.717) is 39.0 Å². The Morgan fingerprint density at radius 3 is 2.77 bits per heavy atom. The monoisotopic (exact) mass is 522 g/mol. The lowest BCUT2D eigenvalue weighted by Gasteiger charge is -2.08. The van der Waals surface area contributed by atoms with Gasteiger partial charge in [0.2, 0.25) is 6.10 Å². The molecule has 2 heterocycles. The summed E-state index contributed by atoms with van der Waals surface area (Å²) in [4.78, 5) is 18.0. The van der Waals surface area contributed by atoms with Gasteiger partial charge in [0.15, 0.2) is 5.82 Å². The molecule has 10 heteroatoms. The number of anilines is 1. The number of hydrogen-bond donors (Lipinski definition) is 1. The highest BCUT2D eigenvalue weighted by Gasteiger charge is 2.30. The van der Waals surface area contributed by atoms with Crippen LogP contribution in [0.25, 0.3) is 0 Å². The zero-order valence-electron chi connectivity index (χ0n) is 16.3. The van der Waals surface area contributed by atoms with E-state index in [4.69, 9.17) is 32.8 Å². The van der Waals surface area contributed by atoms with Crippen molar-refractivity contribution in [1.82, 2.24) is 9.78 Å². The van der Waals surface area contributed by atoms with Crippen LogP contribution in [0.2, 0.25) is 10.0 Å². The lowest BCUT2D eigenvalue weighted by atomic mass is 10.0. The summed E-state index contributed by atoms with van der Waals surface area (Å²) in [7, 11) is 1.61. The molecule has 31 heavy (non-hydrogen) atoms. The molecule has 0 fully saturated rings. The summed E-state index contributed by atoms with van der Waals surface area (Å²) in [5.41, 5.74) is 2.43. The Bertz CT molecular complexity index is 1150. The van der Waals surface area contributed by atoms with Gasteiger partial charge < -0.3 is 14.9 Å². The van der Waals surface area contributed by atoms with Gasteiger partial charge in [-0.25, -0.2) is 0 Å². The van der Waals surface area contributed by atoms with Crippen molar-refractivity contribution in [3.8, 4) is 5.75 Å². The summed E-state index contributed by atoms with van der Waals surface area (Å²) in [5, 5.41) is 12.4. The molecular formula is C21H17BrCl2N4O3. The number of amides is 1. The van der Waals surface area contributed by atoms with E-state index in [9.17, 15) is 4.79 Å². The van der Waals surface area contributed by atoms with Crippen LogP contribution in [0.5, 0.6) is 5.75 Å². The summed E-state index contributed by atoms with van der Waals surface area (Å²) in [6, 6.07) is 12.7. The quantitative estimate of drug-likeness (QED) is 0.485. The SMILES string of the molecule is COc1ccc(C2=NOC(C(=O)Nc3nn(Cc4ccc(Cl)cc4Cl)cc3Br)C2)cc1. The minimum absolute atomic E-state index is 0.331. The Hall–Kier alpha value is -2.55. The minimum atomic E-state index is -0.736. The van der Waals surface area contributed by atoms with Crippen molar-refractivity contribution in [2.24, 2.45) is 5.16 Å². The molecule has 3 aromatic rings. The first-order valence-corrected chi connectivity index (χ1v) is 10.8. The van der Waals surface area contributed by atoms with Gasteiger partial charge in [0.1, 0.15) is 5.75 Å². The Morgan fingerprint density at radius 1 is 1.29 bits per heavy atom. The molecule has 0 spiro atoms. The minimum Gasteiger partial charge on any atom is -0.497 e. The van der Waals surface area contributed by atoms with Crippen LogP contribution < -0.4 is 10.1 Å². The van der Waals surface area contributed by atoms with Crippen LogP contribution >= 0.6 is 39.1 Å². The second-order valence-electron chi connectivity index (χ2n) is 6.81. The third-order valence-electron chi connectivity index (χ3n) is 4.69. The molecule has 7 nitrogen and oxygen atoms in total. The molecule has 160 valence electrons. The van der Waals surface area contributed by atoms with E-state index in [2.05, 4.69) is 31.5 Å². The second-order valence-corrected chi connectivity index (χ2v) is 8.51. The molecule has 0 bridgehead atoms. The number of ether oxygens (including phenoxy) is 1. The first-order valence-electron chi connectivity index (χ1n) is 9.28. The van der Waals surface area contributed by atoms with Crippen molar-refractivity contribution in [2.45, 2.75) is 19.1 Å². The van der Waals surface area contributed by atoms with E-state index in [1.54, 1.807) is 30.1 Å². The number of halogens is 3. The molecule has 1 unspecified atom stereocenters. The highest BCUT2D eigenvalue weighted by Crippen LogP contribution is 2.26. The van der Waals surface area contributed by atoms with Crippen molar-refractivity contribution in [3.05, 3.63) is 74.3 Å². The van der Waals surface area contributed by atoms with E-state index in [-0.39, 0.29) is 5.91 Å². The highest BCUT2D eigenvalue weighted by atomic mass is 79.9. The molecule has 1 aliphatic heterocycles.